The van der Waals surface area contributed by atoms with Gasteiger partial charge in [-0.25, -0.2) is 0 Å². The molecular formula is C14H18N4O. The van der Waals surface area contributed by atoms with Crippen molar-refractivity contribution in [1.29, 1.82) is 5.26 Å². The van der Waals surface area contributed by atoms with Crippen molar-refractivity contribution in [3.63, 3.8) is 0 Å². The lowest BCUT2D eigenvalue weighted by Gasteiger charge is -2.38. The molecule has 1 atom stereocenters. The molecule has 5 nitrogen and oxygen atoms in total. The fourth-order valence-electron chi connectivity index (χ4n) is 2.50. The largest absolute Gasteiger partial charge is 0.357 e. The van der Waals surface area contributed by atoms with E-state index in [-0.39, 0.29) is 11.9 Å². The van der Waals surface area contributed by atoms with Crippen LogP contribution in [0.1, 0.15) is 11.1 Å². The Hall–Kier alpha value is -2.06. The second-order valence-corrected chi connectivity index (χ2v) is 4.61. The lowest BCUT2D eigenvalue weighted by atomic mass is 10.0. The molecule has 0 aromatic heterocycles. The fourth-order valence-corrected chi connectivity index (χ4v) is 2.50. The number of aryl methyl sites for hydroxylation is 1. The third kappa shape index (κ3) is 2.54. The molecule has 0 bridgehead atoms. The van der Waals surface area contributed by atoms with Gasteiger partial charge in [0.2, 0.25) is 5.91 Å². The third-order valence-corrected chi connectivity index (χ3v) is 3.44. The zero-order valence-corrected chi connectivity index (χ0v) is 11.2. The van der Waals surface area contributed by atoms with Crippen molar-refractivity contribution >= 4 is 11.6 Å². The Labute approximate surface area is 113 Å². The topological polar surface area (TPSA) is 68.2 Å². The monoisotopic (exact) mass is 258 g/mol. The molecule has 1 aliphatic heterocycles. The number of amides is 1. The molecule has 1 unspecified atom stereocenters. The second-order valence-electron chi connectivity index (χ2n) is 4.61. The van der Waals surface area contributed by atoms with Gasteiger partial charge in [-0.15, -0.1) is 0 Å². The number of likely N-dealkylation sites (N-methyl/N-ethyl adjacent to an activating group) is 1. The molecule has 1 amide bonds. The molecule has 0 saturated carbocycles. The van der Waals surface area contributed by atoms with Crippen molar-refractivity contribution in [3.8, 4) is 6.07 Å². The Balaban J connectivity index is 2.43. The van der Waals surface area contributed by atoms with Crippen LogP contribution in [-0.4, -0.2) is 38.6 Å². The molecule has 0 radical (unpaired) electrons. The second kappa shape index (κ2) is 5.72. The van der Waals surface area contributed by atoms with Crippen LogP contribution in [0.2, 0.25) is 0 Å². The van der Waals surface area contributed by atoms with Crippen molar-refractivity contribution < 1.29 is 4.79 Å². The minimum Gasteiger partial charge on any atom is -0.357 e. The van der Waals surface area contributed by atoms with Crippen molar-refractivity contribution in [3.05, 3.63) is 29.3 Å². The number of nitrogens with zero attached hydrogens (tertiary/aromatic N) is 2. The van der Waals surface area contributed by atoms with Gasteiger partial charge in [-0.2, -0.15) is 5.26 Å². The van der Waals surface area contributed by atoms with E-state index in [1.807, 2.05) is 24.0 Å². The molecule has 2 rings (SSSR count). The van der Waals surface area contributed by atoms with E-state index in [0.717, 1.165) is 24.3 Å². The summed E-state index contributed by atoms with van der Waals surface area (Å²) in [5, 5.41) is 15.2. The van der Waals surface area contributed by atoms with Gasteiger partial charge in [-0.1, -0.05) is 12.1 Å². The van der Waals surface area contributed by atoms with Crippen LogP contribution in [0.4, 0.5) is 5.69 Å². The first-order valence-electron chi connectivity index (χ1n) is 6.37. The van der Waals surface area contributed by atoms with Crippen LogP contribution in [0.3, 0.4) is 0 Å². The lowest BCUT2D eigenvalue weighted by Crippen LogP contribution is -2.58. The SMILES string of the molecule is CNC(=O)C1CNCCN1c1c(C)cccc1C#N. The fraction of sp³-hybridized carbons (Fsp3) is 0.429. The zero-order chi connectivity index (χ0) is 13.8. The highest BCUT2D eigenvalue weighted by molar-refractivity contribution is 5.86. The number of carbonyl (C=O) groups excluding carboxylic acids is 1. The Bertz CT molecular complexity index is 521. The summed E-state index contributed by atoms with van der Waals surface area (Å²) in [5.41, 5.74) is 2.52. The van der Waals surface area contributed by atoms with Gasteiger partial charge in [0.25, 0.3) is 0 Å². The van der Waals surface area contributed by atoms with E-state index in [9.17, 15) is 10.1 Å². The molecule has 1 heterocycles. The lowest BCUT2D eigenvalue weighted by molar-refractivity contribution is -0.122. The maximum atomic E-state index is 12.0. The van der Waals surface area contributed by atoms with E-state index in [4.69, 9.17) is 0 Å². The maximum Gasteiger partial charge on any atom is 0.243 e. The van der Waals surface area contributed by atoms with Crippen molar-refractivity contribution in [2.75, 3.05) is 31.6 Å². The predicted molar refractivity (Wildman–Crippen MR) is 74.0 cm³/mol. The molecule has 100 valence electrons. The Morgan fingerprint density at radius 1 is 1.58 bits per heavy atom. The van der Waals surface area contributed by atoms with Gasteiger partial charge in [-0.05, 0) is 18.6 Å². The van der Waals surface area contributed by atoms with Gasteiger partial charge < -0.3 is 15.5 Å². The summed E-state index contributed by atoms with van der Waals surface area (Å²) >= 11 is 0. The molecule has 1 saturated heterocycles. The number of nitrogens with one attached hydrogen (secondary N) is 2. The van der Waals surface area contributed by atoms with Crippen LogP contribution in [0.25, 0.3) is 0 Å². The first kappa shape index (κ1) is 13.4. The van der Waals surface area contributed by atoms with Gasteiger partial charge in [-0.3, -0.25) is 4.79 Å². The van der Waals surface area contributed by atoms with E-state index >= 15 is 0 Å². The van der Waals surface area contributed by atoms with Crippen LogP contribution in [0, 0.1) is 18.3 Å². The zero-order valence-electron chi connectivity index (χ0n) is 11.2. The molecule has 1 aromatic carbocycles. The van der Waals surface area contributed by atoms with E-state index in [0.29, 0.717) is 12.1 Å². The van der Waals surface area contributed by atoms with Gasteiger partial charge in [0.15, 0.2) is 0 Å². The van der Waals surface area contributed by atoms with Crippen LogP contribution >= 0.6 is 0 Å². The van der Waals surface area contributed by atoms with Gasteiger partial charge >= 0.3 is 0 Å². The smallest absolute Gasteiger partial charge is 0.243 e. The highest BCUT2D eigenvalue weighted by Crippen LogP contribution is 2.27. The molecule has 1 aliphatic rings. The molecule has 1 aromatic rings. The normalized spacial score (nSPS) is 18.8. The molecule has 0 spiro atoms. The first-order chi connectivity index (χ1) is 9.19. The third-order valence-electron chi connectivity index (χ3n) is 3.44. The van der Waals surface area contributed by atoms with E-state index in [1.165, 1.54) is 0 Å². The Morgan fingerprint density at radius 2 is 2.37 bits per heavy atom. The number of hydrogen-bond acceptors (Lipinski definition) is 4. The molecule has 1 fully saturated rings. The van der Waals surface area contributed by atoms with Crippen molar-refractivity contribution in [1.82, 2.24) is 10.6 Å². The van der Waals surface area contributed by atoms with Crippen LogP contribution in [-0.2, 0) is 4.79 Å². The average Bonchev–Trinajstić information content (AvgIpc) is 2.46. The molecular weight excluding hydrogens is 240 g/mol. The summed E-state index contributed by atoms with van der Waals surface area (Å²) in [7, 11) is 1.64. The number of anilines is 1. The van der Waals surface area contributed by atoms with E-state index in [2.05, 4.69) is 16.7 Å². The van der Waals surface area contributed by atoms with Gasteiger partial charge in [0, 0.05) is 26.7 Å². The first-order valence-corrected chi connectivity index (χ1v) is 6.37. The standard InChI is InChI=1S/C14H18N4O/c1-10-4-3-5-11(8-15)13(10)18-7-6-17-9-12(18)14(19)16-2/h3-5,12,17H,6-7,9H2,1-2H3,(H,16,19). The number of nitriles is 1. The minimum atomic E-state index is -0.271. The summed E-state index contributed by atoms with van der Waals surface area (Å²) in [6.45, 7) is 4.10. The molecule has 2 N–H and O–H groups in total. The minimum absolute atomic E-state index is 0.0284. The summed E-state index contributed by atoms with van der Waals surface area (Å²) < 4.78 is 0. The number of hydrogen-bond donors (Lipinski definition) is 2. The van der Waals surface area contributed by atoms with Gasteiger partial charge in [0.05, 0.1) is 11.3 Å². The summed E-state index contributed by atoms with van der Waals surface area (Å²) in [5.74, 6) is -0.0284. The van der Waals surface area contributed by atoms with Crippen molar-refractivity contribution in [2.45, 2.75) is 13.0 Å². The van der Waals surface area contributed by atoms with E-state index < -0.39 is 0 Å². The highest BCUT2D eigenvalue weighted by atomic mass is 16.2. The number of piperazine rings is 1. The molecule has 0 aliphatic carbocycles. The molecule has 19 heavy (non-hydrogen) atoms. The quantitative estimate of drug-likeness (QED) is 0.805. The number of para-hydroxylation sites is 1. The summed E-state index contributed by atoms with van der Waals surface area (Å²) in [6, 6.07) is 7.58. The summed E-state index contributed by atoms with van der Waals surface area (Å²) in [4.78, 5) is 14.0. The van der Waals surface area contributed by atoms with Crippen molar-refractivity contribution in [2.24, 2.45) is 0 Å². The number of rotatable bonds is 2. The summed E-state index contributed by atoms with van der Waals surface area (Å²) in [6.07, 6.45) is 0. The number of benzene rings is 1. The van der Waals surface area contributed by atoms with Crippen LogP contribution in [0.15, 0.2) is 18.2 Å². The van der Waals surface area contributed by atoms with Crippen LogP contribution < -0.4 is 15.5 Å². The highest BCUT2D eigenvalue weighted by Gasteiger charge is 2.30. The average molecular weight is 258 g/mol. The maximum absolute atomic E-state index is 12.0. The Morgan fingerprint density at radius 3 is 3.05 bits per heavy atom. The molecule has 5 heteroatoms. The number of carbonyl (C=O) groups is 1. The van der Waals surface area contributed by atoms with E-state index in [1.54, 1.807) is 13.1 Å². The Kier molecular flexibility index (Phi) is 4.03. The predicted octanol–water partition coefficient (Wildman–Crippen LogP) is 0.391. The van der Waals surface area contributed by atoms with Gasteiger partial charge in [0.1, 0.15) is 12.1 Å². The van der Waals surface area contributed by atoms with Crippen LogP contribution in [0.5, 0.6) is 0 Å².